The second-order valence-electron chi connectivity index (χ2n) is 9.71. The summed E-state index contributed by atoms with van der Waals surface area (Å²) in [5.74, 6) is 1.01. The highest BCUT2D eigenvalue weighted by molar-refractivity contribution is 5.71. The van der Waals surface area contributed by atoms with Gasteiger partial charge in [-0.25, -0.2) is 4.79 Å². The van der Waals surface area contributed by atoms with E-state index in [4.69, 9.17) is 9.47 Å². The van der Waals surface area contributed by atoms with Crippen LogP contribution in [0.1, 0.15) is 44.9 Å². The van der Waals surface area contributed by atoms with Crippen molar-refractivity contribution >= 4 is 6.09 Å². The Labute approximate surface area is 200 Å². The molecule has 9 heteroatoms. The Morgan fingerprint density at radius 2 is 1.91 bits per heavy atom. The number of benzene rings is 1. The molecular weight excluding hydrogens is 432 g/mol. The van der Waals surface area contributed by atoms with Gasteiger partial charge in [-0.15, -0.1) is 5.10 Å². The van der Waals surface area contributed by atoms with Gasteiger partial charge in [-0.1, -0.05) is 0 Å². The Bertz CT molecular complexity index is 1140. The molecule has 1 fully saturated rings. The van der Waals surface area contributed by atoms with Gasteiger partial charge in [0.05, 0.1) is 36.6 Å². The predicted molar refractivity (Wildman–Crippen MR) is 128 cm³/mol. The van der Waals surface area contributed by atoms with Crippen molar-refractivity contribution in [3.05, 3.63) is 47.9 Å². The maximum atomic E-state index is 12.5. The summed E-state index contributed by atoms with van der Waals surface area (Å²) in [5, 5.41) is 17.4. The molecule has 0 saturated carbocycles. The standard InChI is InChI=1S/C25H32N6O3/c1-17-13-19(14-18-7-6-12-30(16-18)24(32)34-25(2,3)4)28-29-23(17)21-9-8-20(15-22(21)33-5)31-26-10-11-27-31/h8-11,13,15,18H,6-7,12,14,16H2,1-5H3/t18-/m0/s1. The highest BCUT2D eigenvalue weighted by Gasteiger charge is 2.28. The maximum absolute atomic E-state index is 12.5. The smallest absolute Gasteiger partial charge is 0.410 e. The third kappa shape index (κ3) is 5.52. The van der Waals surface area contributed by atoms with Gasteiger partial charge in [0.15, 0.2) is 0 Å². The van der Waals surface area contributed by atoms with Crippen LogP contribution in [0.5, 0.6) is 5.75 Å². The number of rotatable bonds is 5. The van der Waals surface area contributed by atoms with Crippen molar-refractivity contribution in [2.45, 2.75) is 52.6 Å². The third-order valence-corrected chi connectivity index (χ3v) is 5.79. The first-order valence-corrected chi connectivity index (χ1v) is 11.6. The average molecular weight is 465 g/mol. The summed E-state index contributed by atoms with van der Waals surface area (Å²) >= 11 is 0. The van der Waals surface area contributed by atoms with Gasteiger partial charge in [0.1, 0.15) is 11.4 Å². The summed E-state index contributed by atoms with van der Waals surface area (Å²) in [7, 11) is 1.63. The molecule has 9 nitrogen and oxygen atoms in total. The first-order chi connectivity index (χ1) is 16.2. The van der Waals surface area contributed by atoms with Crippen LogP contribution in [-0.4, -0.2) is 62.0 Å². The molecule has 1 aliphatic rings. The molecule has 3 aromatic rings. The normalized spacial score (nSPS) is 16.4. The first kappa shape index (κ1) is 23.7. The van der Waals surface area contributed by atoms with Gasteiger partial charge < -0.3 is 14.4 Å². The van der Waals surface area contributed by atoms with E-state index in [1.807, 2.05) is 50.8 Å². The first-order valence-electron chi connectivity index (χ1n) is 11.6. The molecule has 34 heavy (non-hydrogen) atoms. The largest absolute Gasteiger partial charge is 0.496 e. The van der Waals surface area contributed by atoms with E-state index in [2.05, 4.69) is 26.5 Å². The number of methoxy groups -OCH3 is 1. The topological polar surface area (TPSA) is 95.3 Å². The number of carbonyl (C=O) groups is 1. The average Bonchev–Trinajstić information content (AvgIpc) is 3.33. The van der Waals surface area contributed by atoms with E-state index in [9.17, 15) is 4.79 Å². The van der Waals surface area contributed by atoms with Crippen molar-refractivity contribution in [2.75, 3.05) is 20.2 Å². The molecule has 4 rings (SSSR count). The summed E-state index contributed by atoms with van der Waals surface area (Å²) in [6.07, 6.45) is 5.81. The monoisotopic (exact) mass is 464 g/mol. The second kappa shape index (κ2) is 9.79. The molecule has 1 amide bonds. The zero-order valence-corrected chi connectivity index (χ0v) is 20.5. The van der Waals surface area contributed by atoms with Crippen LogP contribution in [0.15, 0.2) is 36.7 Å². The Hall–Kier alpha value is -3.49. The molecule has 1 aliphatic heterocycles. The molecule has 0 aliphatic carbocycles. The minimum absolute atomic E-state index is 0.240. The van der Waals surface area contributed by atoms with Gasteiger partial charge in [-0.05, 0) is 76.6 Å². The van der Waals surface area contributed by atoms with Crippen molar-refractivity contribution in [2.24, 2.45) is 5.92 Å². The van der Waals surface area contributed by atoms with Gasteiger partial charge in [0, 0.05) is 24.7 Å². The lowest BCUT2D eigenvalue weighted by Crippen LogP contribution is -2.43. The van der Waals surface area contributed by atoms with Crippen LogP contribution in [0.3, 0.4) is 0 Å². The molecule has 3 heterocycles. The van der Waals surface area contributed by atoms with Crippen LogP contribution < -0.4 is 4.74 Å². The number of carbonyl (C=O) groups excluding carboxylic acids is 1. The molecule has 2 aromatic heterocycles. The highest BCUT2D eigenvalue weighted by Crippen LogP contribution is 2.32. The molecule has 0 radical (unpaired) electrons. The van der Waals surface area contributed by atoms with Crippen LogP contribution in [0.4, 0.5) is 4.79 Å². The lowest BCUT2D eigenvalue weighted by Gasteiger charge is -2.34. The molecule has 1 atom stereocenters. The number of nitrogens with zero attached hydrogens (tertiary/aromatic N) is 6. The quantitative estimate of drug-likeness (QED) is 0.557. The Morgan fingerprint density at radius 1 is 1.15 bits per heavy atom. The molecular formula is C25H32N6O3. The maximum Gasteiger partial charge on any atom is 0.410 e. The van der Waals surface area contributed by atoms with Crippen molar-refractivity contribution in [1.29, 1.82) is 0 Å². The van der Waals surface area contributed by atoms with E-state index < -0.39 is 5.60 Å². The van der Waals surface area contributed by atoms with Crippen LogP contribution in [0.2, 0.25) is 0 Å². The zero-order valence-electron chi connectivity index (χ0n) is 20.5. The summed E-state index contributed by atoms with van der Waals surface area (Å²) in [6, 6.07) is 7.85. The molecule has 1 saturated heterocycles. The van der Waals surface area contributed by atoms with Crippen molar-refractivity contribution in [3.63, 3.8) is 0 Å². The van der Waals surface area contributed by atoms with Gasteiger partial charge >= 0.3 is 6.09 Å². The summed E-state index contributed by atoms with van der Waals surface area (Å²) in [6.45, 7) is 9.12. The Balaban J connectivity index is 1.48. The molecule has 0 N–H and O–H groups in total. The molecule has 1 aromatic carbocycles. The van der Waals surface area contributed by atoms with Crippen LogP contribution in [0, 0.1) is 12.8 Å². The summed E-state index contributed by atoms with van der Waals surface area (Å²) < 4.78 is 11.2. The summed E-state index contributed by atoms with van der Waals surface area (Å²) in [4.78, 5) is 15.8. The number of amides is 1. The number of aromatic nitrogens is 5. The minimum Gasteiger partial charge on any atom is -0.496 e. The van der Waals surface area contributed by atoms with E-state index >= 15 is 0 Å². The van der Waals surface area contributed by atoms with E-state index in [0.29, 0.717) is 18.2 Å². The zero-order chi connectivity index (χ0) is 24.3. The van der Waals surface area contributed by atoms with E-state index in [1.54, 1.807) is 24.3 Å². The number of hydrogen-bond acceptors (Lipinski definition) is 7. The fourth-order valence-electron chi connectivity index (χ4n) is 4.28. The van der Waals surface area contributed by atoms with E-state index in [-0.39, 0.29) is 6.09 Å². The van der Waals surface area contributed by atoms with Gasteiger partial charge in [-0.2, -0.15) is 20.1 Å². The molecule has 0 bridgehead atoms. The van der Waals surface area contributed by atoms with Gasteiger partial charge in [-0.3, -0.25) is 0 Å². The minimum atomic E-state index is -0.489. The lowest BCUT2D eigenvalue weighted by molar-refractivity contribution is 0.0165. The predicted octanol–water partition coefficient (Wildman–Crippen LogP) is 4.23. The lowest BCUT2D eigenvalue weighted by atomic mass is 9.93. The van der Waals surface area contributed by atoms with Crippen LogP contribution >= 0.6 is 0 Å². The number of likely N-dealkylation sites (tertiary alicyclic amines) is 1. The molecule has 0 spiro atoms. The van der Waals surface area contributed by atoms with Crippen molar-refractivity contribution in [1.82, 2.24) is 30.1 Å². The number of hydrogen-bond donors (Lipinski definition) is 0. The Kier molecular flexibility index (Phi) is 6.81. The fourth-order valence-corrected chi connectivity index (χ4v) is 4.28. The van der Waals surface area contributed by atoms with Crippen LogP contribution in [0.25, 0.3) is 16.9 Å². The number of aryl methyl sites for hydroxylation is 1. The number of piperidine rings is 1. The van der Waals surface area contributed by atoms with Crippen molar-refractivity contribution < 1.29 is 14.3 Å². The SMILES string of the molecule is COc1cc(-n2nccn2)ccc1-c1nnc(C[C@@H]2CCCN(C(=O)OC(C)(C)C)C2)cc1C. The molecule has 180 valence electrons. The van der Waals surface area contributed by atoms with Gasteiger partial charge in [0.25, 0.3) is 0 Å². The Morgan fingerprint density at radius 3 is 2.59 bits per heavy atom. The number of ether oxygens (including phenoxy) is 2. The van der Waals surface area contributed by atoms with Crippen LogP contribution in [-0.2, 0) is 11.2 Å². The van der Waals surface area contributed by atoms with Gasteiger partial charge in [0.2, 0.25) is 0 Å². The highest BCUT2D eigenvalue weighted by atomic mass is 16.6. The van der Waals surface area contributed by atoms with E-state index in [1.165, 1.54) is 0 Å². The van der Waals surface area contributed by atoms with E-state index in [0.717, 1.165) is 54.0 Å². The fraction of sp³-hybridized carbons (Fsp3) is 0.480. The summed E-state index contributed by atoms with van der Waals surface area (Å²) in [5.41, 5.74) is 3.90. The molecule has 0 unspecified atom stereocenters. The third-order valence-electron chi connectivity index (χ3n) is 5.79. The van der Waals surface area contributed by atoms with Crippen molar-refractivity contribution in [3.8, 4) is 22.7 Å². The second-order valence-corrected chi connectivity index (χ2v) is 9.71.